The molecule has 0 aromatic heterocycles. The fourth-order valence-electron chi connectivity index (χ4n) is 0.700. The van der Waals surface area contributed by atoms with Gasteiger partial charge < -0.3 is 10.4 Å². The SMILES string of the molecule is CCNC(CSCC)C(=O)O. The van der Waals surface area contributed by atoms with E-state index in [4.69, 9.17) is 5.11 Å². The third-order valence-electron chi connectivity index (χ3n) is 1.24. The third kappa shape index (κ3) is 5.09. The lowest BCUT2D eigenvalue weighted by molar-refractivity contribution is -0.138. The van der Waals surface area contributed by atoms with Crippen molar-refractivity contribution in [1.29, 1.82) is 0 Å². The van der Waals surface area contributed by atoms with Gasteiger partial charge in [0.1, 0.15) is 6.04 Å². The van der Waals surface area contributed by atoms with E-state index in [2.05, 4.69) is 5.32 Å². The van der Waals surface area contributed by atoms with Crippen LogP contribution in [0.5, 0.6) is 0 Å². The summed E-state index contributed by atoms with van der Waals surface area (Å²) < 4.78 is 0. The van der Waals surface area contributed by atoms with Crippen molar-refractivity contribution in [3.8, 4) is 0 Å². The third-order valence-corrected chi connectivity index (χ3v) is 2.21. The Morgan fingerprint density at radius 1 is 1.64 bits per heavy atom. The van der Waals surface area contributed by atoms with Gasteiger partial charge in [0, 0.05) is 5.75 Å². The van der Waals surface area contributed by atoms with Gasteiger partial charge in [0.15, 0.2) is 0 Å². The fourth-order valence-corrected chi connectivity index (χ4v) is 1.43. The lowest BCUT2D eigenvalue weighted by atomic mass is 10.3. The number of hydrogen-bond acceptors (Lipinski definition) is 3. The van der Waals surface area contributed by atoms with E-state index in [1.54, 1.807) is 11.8 Å². The highest BCUT2D eigenvalue weighted by atomic mass is 32.2. The second-order valence-corrected chi connectivity index (χ2v) is 3.43. The van der Waals surface area contributed by atoms with Crippen LogP contribution in [0, 0.1) is 0 Å². The van der Waals surface area contributed by atoms with E-state index in [-0.39, 0.29) is 6.04 Å². The molecule has 0 bridgehead atoms. The van der Waals surface area contributed by atoms with E-state index in [9.17, 15) is 4.79 Å². The Balaban J connectivity index is 3.60. The van der Waals surface area contributed by atoms with Gasteiger partial charge in [-0.1, -0.05) is 13.8 Å². The summed E-state index contributed by atoms with van der Waals surface area (Å²) in [6.07, 6.45) is 0. The molecule has 66 valence electrons. The monoisotopic (exact) mass is 177 g/mol. The molecule has 11 heavy (non-hydrogen) atoms. The summed E-state index contributed by atoms with van der Waals surface area (Å²) in [4.78, 5) is 10.5. The molecule has 1 unspecified atom stereocenters. The summed E-state index contributed by atoms with van der Waals surface area (Å²) in [5, 5.41) is 11.6. The first-order valence-electron chi connectivity index (χ1n) is 3.76. The molecule has 0 fully saturated rings. The standard InChI is InChI=1S/C7H15NO2S/c1-3-8-6(7(9)10)5-11-4-2/h6,8H,3-5H2,1-2H3,(H,9,10). The molecule has 0 radical (unpaired) electrons. The zero-order valence-electron chi connectivity index (χ0n) is 6.96. The van der Waals surface area contributed by atoms with Gasteiger partial charge in [-0.25, -0.2) is 0 Å². The molecule has 0 spiro atoms. The van der Waals surface area contributed by atoms with Gasteiger partial charge in [-0.3, -0.25) is 4.79 Å². The van der Waals surface area contributed by atoms with Gasteiger partial charge >= 0.3 is 5.97 Å². The van der Waals surface area contributed by atoms with Crippen LogP contribution in [0.1, 0.15) is 13.8 Å². The molecule has 0 amide bonds. The van der Waals surface area contributed by atoms with Crippen molar-refractivity contribution in [2.45, 2.75) is 19.9 Å². The number of carboxylic acids is 1. The molecule has 0 aliphatic heterocycles. The second-order valence-electron chi connectivity index (χ2n) is 2.11. The predicted molar refractivity (Wildman–Crippen MR) is 48.1 cm³/mol. The first-order valence-corrected chi connectivity index (χ1v) is 4.91. The first kappa shape index (κ1) is 10.8. The highest BCUT2D eigenvalue weighted by molar-refractivity contribution is 7.99. The Kier molecular flexibility index (Phi) is 6.36. The summed E-state index contributed by atoms with van der Waals surface area (Å²) >= 11 is 1.64. The number of thioether (sulfide) groups is 1. The molecule has 2 N–H and O–H groups in total. The Bertz CT molecular complexity index is 119. The zero-order chi connectivity index (χ0) is 8.69. The highest BCUT2D eigenvalue weighted by Gasteiger charge is 2.14. The maximum Gasteiger partial charge on any atom is 0.321 e. The van der Waals surface area contributed by atoms with Crippen LogP contribution in [0.25, 0.3) is 0 Å². The lowest BCUT2D eigenvalue weighted by Gasteiger charge is -2.11. The van der Waals surface area contributed by atoms with E-state index in [0.29, 0.717) is 12.3 Å². The summed E-state index contributed by atoms with van der Waals surface area (Å²) in [7, 11) is 0. The van der Waals surface area contributed by atoms with Crippen LogP contribution in [-0.4, -0.2) is 35.2 Å². The average molecular weight is 177 g/mol. The van der Waals surface area contributed by atoms with Crippen molar-refractivity contribution in [2.75, 3.05) is 18.1 Å². The minimum absolute atomic E-state index is 0.384. The van der Waals surface area contributed by atoms with Crippen LogP contribution in [-0.2, 0) is 4.79 Å². The van der Waals surface area contributed by atoms with Crippen LogP contribution >= 0.6 is 11.8 Å². The second kappa shape index (κ2) is 6.49. The maximum absolute atomic E-state index is 10.5. The number of carboxylic acid groups (broad SMARTS) is 1. The van der Waals surface area contributed by atoms with Gasteiger partial charge in [0.05, 0.1) is 0 Å². The highest BCUT2D eigenvalue weighted by Crippen LogP contribution is 2.01. The van der Waals surface area contributed by atoms with E-state index in [1.165, 1.54) is 0 Å². The molecule has 0 aromatic carbocycles. The molecule has 0 saturated heterocycles. The van der Waals surface area contributed by atoms with Crippen LogP contribution in [0.15, 0.2) is 0 Å². The minimum atomic E-state index is -0.757. The molecule has 0 rings (SSSR count). The van der Waals surface area contributed by atoms with E-state index in [0.717, 1.165) is 5.75 Å². The maximum atomic E-state index is 10.5. The minimum Gasteiger partial charge on any atom is -0.480 e. The number of hydrogen-bond donors (Lipinski definition) is 2. The molecule has 0 aromatic rings. The fraction of sp³-hybridized carbons (Fsp3) is 0.857. The van der Waals surface area contributed by atoms with Gasteiger partial charge in [0.2, 0.25) is 0 Å². The van der Waals surface area contributed by atoms with Gasteiger partial charge in [-0.2, -0.15) is 11.8 Å². The summed E-state index contributed by atoms with van der Waals surface area (Å²) in [6.45, 7) is 4.64. The van der Waals surface area contributed by atoms with Gasteiger partial charge in [0.25, 0.3) is 0 Å². The quantitative estimate of drug-likeness (QED) is 0.630. The molecular formula is C7H15NO2S. The lowest BCUT2D eigenvalue weighted by Crippen LogP contribution is -2.38. The average Bonchev–Trinajstić information content (AvgIpc) is 1.97. The number of likely N-dealkylation sites (N-methyl/N-ethyl adjacent to an activating group) is 1. The normalized spacial score (nSPS) is 12.9. The molecular weight excluding hydrogens is 162 g/mol. The molecule has 4 heteroatoms. The molecule has 0 aliphatic rings. The predicted octanol–water partition coefficient (Wildman–Crippen LogP) is 0.802. The van der Waals surface area contributed by atoms with Crippen molar-refractivity contribution in [3.63, 3.8) is 0 Å². The smallest absolute Gasteiger partial charge is 0.321 e. The van der Waals surface area contributed by atoms with Crippen molar-refractivity contribution >= 4 is 17.7 Å². The molecule has 0 aliphatic carbocycles. The van der Waals surface area contributed by atoms with Crippen LogP contribution in [0.2, 0.25) is 0 Å². The zero-order valence-corrected chi connectivity index (χ0v) is 7.78. The van der Waals surface area contributed by atoms with Crippen molar-refractivity contribution in [3.05, 3.63) is 0 Å². The Morgan fingerprint density at radius 3 is 2.64 bits per heavy atom. The number of aliphatic carboxylic acids is 1. The summed E-state index contributed by atoms with van der Waals surface area (Å²) in [5.74, 6) is 0.863. The molecule has 1 atom stereocenters. The Labute approximate surface area is 71.6 Å². The molecule has 0 saturated carbocycles. The number of carbonyl (C=O) groups is 1. The Morgan fingerprint density at radius 2 is 2.27 bits per heavy atom. The van der Waals surface area contributed by atoms with Gasteiger partial charge in [-0.15, -0.1) is 0 Å². The van der Waals surface area contributed by atoms with E-state index < -0.39 is 5.97 Å². The number of rotatable bonds is 6. The molecule has 3 nitrogen and oxygen atoms in total. The summed E-state index contributed by atoms with van der Waals surface area (Å²) in [6, 6.07) is -0.384. The topological polar surface area (TPSA) is 49.3 Å². The first-order chi connectivity index (χ1) is 5.22. The Hall–Kier alpha value is -0.220. The van der Waals surface area contributed by atoms with Crippen LogP contribution in [0.3, 0.4) is 0 Å². The van der Waals surface area contributed by atoms with Crippen molar-refractivity contribution in [2.24, 2.45) is 0 Å². The molecule has 0 heterocycles. The van der Waals surface area contributed by atoms with Gasteiger partial charge in [-0.05, 0) is 12.3 Å². The van der Waals surface area contributed by atoms with Crippen LogP contribution < -0.4 is 5.32 Å². The van der Waals surface area contributed by atoms with E-state index >= 15 is 0 Å². The van der Waals surface area contributed by atoms with Crippen molar-refractivity contribution in [1.82, 2.24) is 5.32 Å². The number of nitrogens with one attached hydrogen (secondary N) is 1. The van der Waals surface area contributed by atoms with Crippen molar-refractivity contribution < 1.29 is 9.90 Å². The van der Waals surface area contributed by atoms with Crippen LogP contribution in [0.4, 0.5) is 0 Å². The summed E-state index contributed by atoms with van der Waals surface area (Å²) in [5.41, 5.74) is 0. The largest absolute Gasteiger partial charge is 0.480 e. The van der Waals surface area contributed by atoms with E-state index in [1.807, 2.05) is 13.8 Å².